The second-order valence-electron chi connectivity index (χ2n) is 6.79. The highest BCUT2D eigenvalue weighted by atomic mass is 79.9. The number of sulfonamides is 1. The van der Waals surface area contributed by atoms with Crippen molar-refractivity contribution in [3.8, 4) is 0 Å². The Hall–Kier alpha value is -1.70. The number of hydrogen-bond donors (Lipinski definition) is 2. The van der Waals surface area contributed by atoms with Crippen molar-refractivity contribution in [2.24, 2.45) is 5.14 Å². The molecule has 0 spiro atoms. The number of rotatable bonds is 6. The Balaban J connectivity index is 1.61. The summed E-state index contributed by atoms with van der Waals surface area (Å²) in [7, 11) is -3.71. The zero-order valence-electron chi connectivity index (χ0n) is 14.2. The molecular formula is C19H21BrN2O3S. The van der Waals surface area contributed by atoms with E-state index in [0.717, 1.165) is 29.3 Å². The Morgan fingerprint density at radius 3 is 2.38 bits per heavy atom. The van der Waals surface area contributed by atoms with Crippen molar-refractivity contribution in [1.29, 1.82) is 0 Å². The number of carbonyl (C=O) groups excluding carboxylic acids is 1. The topological polar surface area (TPSA) is 89.3 Å². The van der Waals surface area contributed by atoms with Crippen molar-refractivity contribution in [1.82, 2.24) is 5.32 Å². The van der Waals surface area contributed by atoms with Gasteiger partial charge in [-0.2, -0.15) is 0 Å². The largest absolute Gasteiger partial charge is 0.355 e. The summed E-state index contributed by atoms with van der Waals surface area (Å²) in [6, 6.07) is 14.3. The minimum absolute atomic E-state index is 0.0108. The molecule has 7 heteroatoms. The van der Waals surface area contributed by atoms with Crippen LogP contribution in [0.4, 0.5) is 0 Å². The Bertz CT molecular complexity index is 907. The maximum Gasteiger partial charge on any atom is 0.238 e. The van der Waals surface area contributed by atoms with Crippen LogP contribution in [0.1, 0.15) is 30.4 Å². The minimum Gasteiger partial charge on any atom is -0.355 e. The Labute approximate surface area is 162 Å². The van der Waals surface area contributed by atoms with Crippen molar-refractivity contribution in [2.75, 3.05) is 6.54 Å². The van der Waals surface area contributed by atoms with Gasteiger partial charge in [0.05, 0.1) is 11.3 Å². The highest BCUT2D eigenvalue weighted by Gasteiger charge is 2.38. The standard InChI is InChI=1S/C19H21BrN2O3S/c20-16-4-1-3-15(12-16)19(9-2-10-19)13-22-18(23)11-14-5-7-17(8-6-14)26(21,24)25/h1,3-8,12H,2,9-11,13H2,(H,22,23)(H2,21,24,25). The molecule has 0 atom stereocenters. The number of amides is 1. The van der Waals surface area contributed by atoms with E-state index in [4.69, 9.17) is 5.14 Å². The quantitative estimate of drug-likeness (QED) is 0.729. The molecule has 0 heterocycles. The molecule has 0 radical (unpaired) electrons. The summed E-state index contributed by atoms with van der Waals surface area (Å²) in [4.78, 5) is 12.4. The first-order valence-electron chi connectivity index (χ1n) is 8.43. The number of benzene rings is 2. The van der Waals surface area contributed by atoms with Crippen LogP contribution in [0.5, 0.6) is 0 Å². The molecule has 1 fully saturated rings. The van der Waals surface area contributed by atoms with Gasteiger partial charge >= 0.3 is 0 Å². The molecule has 138 valence electrons. The predicted molar refractivity (Wildman–Crippen MR) is 104 cm³/mol. The average Bonchev–Trinajstić information content (AvgIpc) is 2.53. The molecule has 3 N–H and O–H groups in total. The SMILES string of the molecule is NS(=O)(=O)c1ccc(CC(=O)NCC2(c3cccc(Br)c3)CCC2)cc1. The molecule has 2 aromatic carbocycles. The second-order valence-corrected chi connectivity index (χ2v) is 9.26. The zero-order chi connectivity index (χ0) is 18.8. The lowest BCUT2D eigenvalue weighted by molar-refractivity contribution is -0.120. The van der Waals surface area contributed by atoms with Crippen LogP contribution >= 0.6 is 15.9 Å². The molecule has 2 aromatic rings. The van der Waals surface area contributed by atoms with Gasteiger partial charge in [0, 0.05) is 16.4 Å². The molecule has 0 saturated heterocycles. The van der Waals surface area contributed by atoms with Gasteiger partial charge in [0.15, 0.2) is 0 Å². The van der Waals surface area contributed by atoms with E-state index in [0.29, 0.717) is 6.54 Å². The van der Waals surface area contributed by atoms with Gasteiger partial charge < -0.3 is 5.32 Å². The van der Waals surface area contributed by atoms with Gasteiger partial charge in [-0.05, 0) is 48.2 Å². The summed E-state index contributed by atoms with van der Waals surface area (Å²) in [5.74, 6) is -0.0744. The molecule has 3 rings (SSSR count). The number of hydrogen-bond acceptors (Lipinski definition) is 3. The molecule has 1 saturated carbocycles. The van der Waals surface area contributed by atoms with Crippen molar-refractivity contribution in [2.45, 2.75) is 36.0 Å². The van der Waals surface area contributed by atoms with Gasteiger partial charge in [0.1, 0.15) is 0 Å². The fourth-order valence-electron chi connectivity index (χ4n) is 3.30. The van der Waals surface area contributed by atoms with Crippen molar-refractivity contribution in [3.05, 3.63) is 64.1 Å². The molecule has 0 aromatic heterocycles. The van der Waals surface area contributed by atoms with Crippen molar-refractivity contribution >= 4 is 31.9 Å². The van der Waals surface area contributed by atoms with E-state index in [9.17, 15) is 13.2 Å². The van der Waals surface area contributed by atoms with Gasteiger partial charge in [0.25, 0.3) is 0 Å². The lowest BCUT2D eigenvalue weighted by atomic mass is 9.64. The summed E-state index contributed by atoms with van der Waals surface area (Å²) in [6.45, 7) is 0.609. The van der Waals surface area contributed by atoms with Crippen molar-refractivity contribution < 1.29 is 13.2 Å². The number of halogens is 1. The summed E-state index contributed by atoms with van der Waals surface area (Å²) < 4.78 is 23.6. The minimum atomic E-state index is -3.71. The van der Waals surface area contributed by atoms with Crippen LogP contribution in [0.2, 0.25) is 0 Å². The second kappa shape index (κ2) is 7.50. The summed E-state index contributed by atoms with van der Waals surface area (Å²) in [5.41, 5.74) is 2.01. The first kappa shape index (κ1) is 19.1. The van der Waals surface area contributed by atoms with E-state index in [-0.39, 0.29) is 22.6 Å². The fraction of sp³-hybridized carbons (Fsp3) is 0.316. The van der Waals surface area contributed by atoms with E-state index in [1.165, 1.54) is 17.7 Å². The number of primary sulfonamides is 1. The summed E-state index contributed by atoms with van der Waals surface area (Å²) in [5, 5.41) is 8.12. The molecule has 5 nitrogen and oxygen atoms in total. The van der Waals surface area contributed by atoms with Gasteiger partial charge in [-0.15, -0.1) is 0 Å². The number of carbonyl (C=O) groups is 1. The average molecular weight is 437 g/mol. The smallest absolute Gasteiger partial charge is 0.238 e. The summed E-state index contributed by atoms with van der Waals surface area (Å²) >= 11 is 3.51. The van der Waals surface area contributed by atoms with E-state index >= 15 is 0 Å². The molecule has 1 aliphatic rings. The maximum absolute atomic E-state index is 12.3. The third kappa shape index (κ3) is 4.34. The monoisotopic (exact) mass is 436 g/mol. The third-order valence-corrected chi connectivity index (χ3v) is 6.41. The first-order chi connectivity index (χ1) is 12.3. The molecular weight excluding hydrogens is 416 g/mol. The van der Waals surface area contributed by atoms with E-state index in [2.05, 4.69) is 33.4 Å². The van der Waals surface area contributed by atoms with Crippen molar-refractivity contribution in [3.63, 3.8) is 0 Å². The molecule has 0 unspecified atom stereocenters. The highest BCUT2D eigenvalue weighted by molar-refractivity contribution is 9.10. The van der Waals surface area contributed by atoms with Crippen LogP contribution in [-0.4, -0.2) is 20.9 Å². The molecule has 1 amide bonds. The van der Waals surface area contributed by atoms with Crippen LogP contribution in [0.3, 0.4) is 0 Å². The first-order valence-corrected chi connectivity index (χ1v) is 10.8. The molecule has 1 aliphatic carbocycles. The Kier molecular flexibility index (Phi) is 5.50. The highest BCUT2D eigenvalue weighted by Crippen LogP contribution is 2.43. The number of nitrogens with two attached hydrogens (primary N) is 1. The number of nitrogens with one attached hydrogen (secondary N) is 1. The van der Waals surface area contributed by atoms with Crippen LogP contribution in [0.25, 0.3) is 0 Å². The normalized spacial score (nSPS) is 15.9. The van der Waals surface area contributed by atoms with Gasteiger partial charge in [-0.3, -0.25) is 4.79 Å². The Morgan fingerprint density at radius 1 is 1.15 bits per heavy atom. The van der Waals surface area contributed by atoms with Gasteiger partial charge in [0.2, 0.25) is 15.9 Å². The van der Waals surface area contributed by atoms with Crippen LogP contribution in [0.15, 0.2) is 57.9 Å². The fourth-order valence-corrected chi connectivity index (χ4v) is 4.22. The lowest BCUT2D eigenvalue weighted by Gasteiger charge is -2.42. The molecule has 0 bridgehead atoms. The summed E-state index contributed by atoms with van der Waals surface area (Å²) in [6.07, 6.45) is 3.50. The maximum atomic E-state index is 12.3. The predicted octanol–water partition coefficient (Wildman–Crippen LogP) is 2.88. The Morgan fingerprint density at radius 2 is 1.85 bits per heavy atom. The van der Waals surface area contributed by atoms with Crippen LogP contribution < -0.4 is 10.5 Å². The van der Waals surface area contributed by atoms with E-state index in [1.54, 1.807) is 12.1 Å². The van der Waals surface area contributed by atoms with Gasteiger partial charge in [-0.1, -0.05) is 46.6 Å². The van der Waals surface area contributed by atoms with Crippen LogP contribution in [-0.2, 0) is 26.7 Å². The zero-order valence-corrected chi connectivity index (χ0v) is 16.6. The van der Waals surface area contributed by atoms with E-state index < -0.39 is 10.0 Å². The molecule has 0 aliphatic heterocycles. The van der Waals surface area contributed by atoms with Crippen LogP contribution in [0, 0.1) is 0 Å². The van der Waals surface area contributed by atoms with E-state index in [1.807, 2.05) is 12.1 Å². The molecule has 26 heavy (non-hydrogen) atoms. The lowest BCUT2D eigenvalue weighted by Crippen LogP contribution is -2.45. The third-order valence-electron chi connectivity index (χ3n) is 4.99. The van der Waals surface area contributed by atoms with Gasteiger partial charge in [-0.25, -0.2) is 13.6 Å².